The number of anilines is 2. The van der Waals surface area contributed by atoms with Crippen LogP contribution in [0.5, 0.6) is 0 Å². The number of nitrogens with one attached hydrogen (secondary N) is 2. The van der Waals surface area contributed by atoms with Gasteiger partial charge < -0.3 is 10.6 Å². The van der Waals surface area contributed by atoms with E-state index in [0.29, 0.717) is 17.9 Å². The summed E-state index contributed by atoms with van der Waals surface area (Å²) in [6.07, 6.45) is 4.43. The molecule has 0 bridgehead atoms. The zero-order chi connectivity index (χ0) is 14.2. The number of aromatic nitrogens is 2. The normalized spacial score (nSPS) is 9.80. The van der Waals surface area contributed by atoms with Crippen molar-refractivity contribution in [1.29, 1.82) is 5.26 Å². The lowest BCUT2D eigenvalue weighted by atomic mass is 10.1. The van der Waals surface area contributed by atoms with Crippen molar-refractivity contribution >= 4 is 11.6 Å². The van der Waals surface area contributed by atoms with Gasteiger partial charge in [0.1, 0.15) is 11.6 Å². The molecule has 5 heteroatoms. The van der Waals surface area contributed by atoms with Gasteiger partial charge in [-0.2, -0.15) is 5.26 Å². The van der Waals surface area contributed by atoms with E-state index in [1.807, 2.05) is 18.2 Å². The van der Waals surface area contributed by atoms with Crippen LogP contribution in [0.4, 0.5) is 11.6 Å². The first-order valence-corrected chi connectivity index (χ1v) is 6.60. The van der Waals surface area contributed by atoms with Crippen LogP contribution >= 0.6 is 0 Å². The SMILES string of the molecule is CCCNc1cncc(NCc2cccc(C#N)c2)n1. The van der Waals surface area contributed by atoms with Crippen LogP contribution in [0.25, 0.3) is 0 Å². The van der Waals surface area contributed by atoms with Crippen LogP contribution in [0.1, 0.15) is 24.5 Å². The van der Waals surface area contributed by atoms with Crippen LogP contribution < -0.4 is 10.6 Å². The van der Waals surface area contributed by atoms with E-state index in [2.05, 4.69) is 33.6 Å². The van der Waals surface area contributed by atoms with Crippen molar-refractivity contribution in [2.24, 2.45) is 0 Å². The molecule has 0 aliphatic heterocycles. The third kappa shape index (κ3) is 3.95. The zero-order valence-corrected chi connectivity index (χ0v) is 11.4. The molecule has 0 aliphatic rings. The topological polar surface area (TPSA) is 73.6 Å². The molecule has 0 saturated heterocycles. The third-order valence-corrected chi connectivity index (χ3v) is 2.72. The fourth-order valence-corrected chi connectivity index (χ4v) is 1.73. The summed E-state index contributed by atoms with van der Waals surface area (Å²) in [5.74, 6) is 1.48. The number of nitrogens with zero attached hydrogens (tertiary/aromatic N) is 3. The highest BCUT2D eigenvalue weighted by atomic mass is 15.1. The van der Waals surface area contributed by atoms with Gasteiger partial charge in [0.15, 0.2) is 0 Å². The lowest BCUT2D eigenvalue weighted by Gasteiger charge is -2.08. The summed E-state index contributed by atoms with van der Waals surface area (Å²) < 4.78 is 0. The van der Waals surface area contributed by atoms with Crippen molar-refractivity contribution in [3.05, 3.63) is 47.8 Å². The van der Waals surface area contributed by atoms with Crippen LogP contribution in [-0.2, 0) is 6.54 Å². The van der Waals surface area contributed by atoms with Crippen molar-refractivity contribution in [3.8, 4) is 6.07 Å². The Labute approximate surface area is 118 Å². The molecule has 20 heavy (non-hydrogen) atoms. The number of rotatable bonds is 6. The van der Waals surface area contributed by atoms with Crippen molar-refractivity contribution in [2.75, 3.05) is 17.2 Å². The second kappa shape index (κ2) is 7.10. The van der Waals surface area contributed by atoms with E-state index in [-0.39, 0.29) is 0 Å². The maximum absolute atomic E-state index is 8.87. The summed E-state index contributed by atoms with van der Waals surface area (Å²) in [5, 5.41) is 15.3. The average molecular weight is 267 g/mol. The Kier molecular flexibility index (Phi) is 4.90. The standard InChI is InChI=1S/C15H17N5/c1-2-6-18-14-10-17-11-15(20-14)19-9-13-5-3-4-12(7-13)8-16/h3-5,7,10-11H,2,6,9H2,1H3,(H2,18,19,20). The first kappa shape index (κ1) is 13.8. The summed E-state index contributed by atoms with van der Waals surface area (Å²) in [4.78, 5) is 8.56. The highest BCUT2D eigenvalue weighted by Crippen LogP contribution is 2.10. The zero-order valence-electron chi connectivity index (χ0n) is 11.4. The van der Waals surface area contributed by atoms with Gasteiger partial charge in [-0.1, -0.05) is 19.1 Å². The fourth-order valence-electron chi connectivity index (χ4n) is 1.73. The fraction of sp³-hybridized carbons (Fsp3) is 0.267. The van der Waals surface area contributed by atoms with E-state index in [1.165, 1.54) is 0 Å². The highest BCUT2D eigenvalue weighted by molar-refractivity contribution is 5.42. The molecule has 1 aromatic carbocycles. The summed E-state index contributed by atoms with van der Waals surface area (Å²) in [5.41, 5.74) is 1.70. The molecule has 2 aromatic rings. The van der Waals surface area contributed by atoms with Crippen molar-refractivity contribution in [3.63, 3.8) is 0 Å². The van der Waals surface area contributed by atoms with Crippen LogP contribution in [0.2, 0.25) is 0 Å². The number of benzene rings is 1. The van der Waals surface area contributed by atoms with Crippen LogP contribution in [0.15, 0.2) is 36.7 Å². The van der Waals surface area contributed by atoms with E-state index in [0.717, 1.165) is 24.3 Å². The van der Waals surface area contributed by atoms with Crippen molar-refractivity contribution < 1.29 is 0 Å². The quantitative estimate of drug-likeness (QED) is 0.842. The number of hydrogen-bond donors (Lipinski definition) is 2. The molecule has 2 rings (SSSR count). The van der Waals surface area contributed by atoms with E-state index in [9.17, 15) is 0 Å². The van der Waals surface area contributed by atoms with E-state index in [1.54, 1.807) is 18.5 Å². The molecule has 0 fully saturated rings. The van der Waals surface area contributed by atoms with Gasteiger partial charge in [0.05, 0.1) is 24.0 Å². The Morgan fingerprint density at radius 1 is 1.20 bits per heavy atom. The molecule has 0 atom stereocenters. The van der Waals surface area contributed by atoms with E-state index < -0.39 is 0 Å². The molecule has 0 radical (unpaired) electrons. The molecule has 1 aromatic heterocycles. The minimum atomic E-state index is 0.613. The second-order valence-electron chi connectivity index (χ2n) is 4.38. The van der Waals surface area contributed by atoms with E-state index >= 15 is 0 Å². The van der Waals surface area contributed by atoms with Gasteiger partial charge in [-0.25, -0.2) is 4.98 Å². The van der Waals surface area contributed by atoms with Gasteiger partial charge >= 0.3 is 0 Å². The Hall–Kier alpha value is -2.61. The monoisotopic (exact) mass is 267 g/mol. The molecule has 0 saturated carbocycles. The molecular formula is C15H17N5. The largest absolute Gasteiger partial charge is 0.369 e. The number of hydrogen-bond acceptors (Lipinski definition) is 5. The Bertz CT molecular complexity index is 603. The lowest BCUT2D eigenvalue weighted by Crippen LogP contribution is -2.06. The van der Waals surface area contributed by atoms with Gasteiger partial charge in [-0.3, -0.25) is 4.98 Å². The molecule has 1 heterocycles. The van der Waals surface area contributed by atoms with Gasteiger partial charge in [0, 0.05) is 13.1 Å². The minimum absolute atomic E-state index is 0.613. The Balaban J connectivity index is 1.98. The first-order valence-electron chi connectivity index (χ1n) is 6.60. The summed E-state index contributed by atoms with van der Waals surface area (Å²) >= 11 is 0. The van der Waals surface area contributed by atoms with E-state index in [4.69, 9.17) is 5.26 Å². The molecular weight excluding hydrogens is 250 g/mol. The molecule has 5 nitrogen and oxygen atoms in total. The Morgan fingerprint density at radius 3 is 2.75 bits per heavy atom. The molecule has 0 unspecified atom stereocenters. The number of nitriles is 1. The van der Waals surface area contributed by atoms with Crippen molar-refractivity contribution in [2.45, 2.75) is 19.9 Å². The minimum Gasteiger partial charge on any atom is -0.369 e. The maximum atomic E-state index is 8.87. The molecule has 2 N–H and O–H groups in total. The molecule has 0 aliphatic carbocycles. The van der Waals surface area contributed by atoms with Crippen LogP contribution in [-0.4, -0.2) is 16.5 Å². The van der Waals surface area contributed by atoms with Crippen LogP contribution in [0.3, 0.4) is 0 Å². The van der Waals surface area contributed by atoms with Crippen LogP contribution in [0, 0.1) is 11.3 Å². The molecule has 0 amide bonds. The van der Waals surface area contributed by atoms with Gasteiger partial charge in [0.25, 0.3) is 0 Å². The maximum Gasteiger partial charge on any atom is 0.147 e. The third-order valence-electron chi connectivity index (χ3n) is 2.72. The molecule has 102 valence electrons. The Morgan fingerprint density at radius 2 is 2.00 bits per heavy atom. The summed E-state index contributed by atoms with van der Waals surface area (Å²) in [6, 6.07) is 9.63. The van der Waals surface area contributed by atoms with Gasteiger partial charge in [-0.15, -0.1) is 0 Å². The lowest BCUT2D eigenvalue weighted by molar-refractivity contribution is 0.962. The average Bonchev–Trinajstić information content (AvgIpc) is 2.51. The highest BCUT2D eigenvalue weighted by Gasteiger charge is 1.99. The molecule has 0 spiro atoms. The summed E-state index contributed by atoms with van der Waals surface area (Å²) in [6.45, 7) is 3.59. The van der Waals surface area contributed by atoms with Gasteiger partial charge in [0.2, 0.25) is 0 Å². The first-order chi connectivity index (χ1) is 9.81. The summed E-state index contributed by atoms with van der Waals surface area (Å²) in [7, 11) is 0. The van der Waals surface area contributed by atoms with Crippen molar-refractivity contribution in [1.82, 2.24) is 9.97 Å². The predicted molar refractivity (Wildman–Crippen MR) is 79.3 cm³/mol. The van der Waals surface area contributed by atoms with Gasteiger partial charge in [-0.05, 0) is 24.1 Å². The second-order valence-corrected chi connectivity index (χ2v) is 4.38. The predicted octanol–water partition coefficient (Wildman–Crippen LogP) is 2.78. The smallest absolute Gasteiger partial charge is 0.147 e.